The molecule has 0 aliphatic carbocycles. The summed E-state index contributed by atoms with van der Waals surface area (Å²) in [5.41, 5.74) is 2.51. The predicted octanol–water partition coefficient (Wildman–Crippen LogP) is 5.31. The quantitative estimate of drug-likeness (QED) is 0.546. The molecule has 3 rings (SSSR count). The lowest BCUT2D eigenvalue weighted by molar-refractivity contribution is 0.0920. The van der Waals surface area contributed by atoms with Gasteiger partial charge in [0.25, 0.3) is 0 Å². The SMILES string of the molecule is Cc1cc(C(=O)COc2cc(Cl)cc(Cl)c2)c(C)n1Cc1ccco1. The van der Waals surface area contributed by atoms with Crippen molar-refractivity contribution in [3.05, 3.63) is 75.4 Å². The number of benzene rings is 1. The van der Waals surface area contributed by atoms with Crippen LogP contribution in [0.15, 0.2) is 47.1 Å². The molecule has 6 heteroatoms. The average Bonchev–Trinajstić information content (AvgIpc) is 3.15. The van der Waals surface area contributed by atoms with E-state index in [9.17, 15) is 4.79 Å². The predicted molar refractivity (Wildman–Crippen MR) is 98.0 cm³/mol. The van der Waals surface area contributed by atoms with Crippen molar-refractivity contribution in [1.82, 2.24) is 4.57 Å². The van der Waals surface area contributed by atoms with Crippen LogP contribution >= 0.6 is 23.2 Å². The second-order valence-corrected chi connectivity index (χ2v) is 6.64. The van der Waals surface area contributed by atoms with Crippen molar-refractivity contribution in [2.24, 2.45) is 0 Å². The van der Waals surface area contributed by atoms with E-state index >= 15 is 0 Å². The standard InChI is InChI=1S/C19H17Cl2NO3/c1-12-6-18(13(2)22(12)10-16-4-3-5-24-16)19(23)11-25-17-8-14(20)7-15(21)9-17/h3-9H,10-11H2,1-2H3. The monoisotopic (exact) mass is 377 g/mol. The zero-order valence-electron chi connectivity index (χ0n) is 13.9. The topological polar surface area (TPSA) is 44.4 Å². The molecule has 4 nitrogen and oxygen atoms in total. The van der Waals surface area contributed by atoms with Gasteiger partial charge in [0.2, 0.25) is 5.78 Å². The van der Waals surface area contributed by atoms with E-state index in [4.69, 9.17) is 32.4 Å². The van der Waals surface area contributed by atoms with Crippen molar-refractivity contribution in [2.45, 2.75) is 20.4 Å². The Labute approximate surface area is 155 Å². The maximum atomic E-state index is 12.5. The fourth-order valence-corrected chi connectivity index (χ4v) is 3.23. The van der Waals surface area contributed by atoms with E-state index in [1.165, 1.54) is 0 Å². The van der Waals surface area contributed by atoms with E-state index in [1.807, 2.05) is 36.6 Å². The number of Topliss-reactive ketones (excluding diaryl/α,β-unsaturated/α-hetero) is 1. The number of rotatable bonds is 6. The summed E-state index contributed by atoms with van der Waals surface area (Å²) in [5, 5.41) is 0.929. The molecule has 0 saturated carbocycles. The number of hydrogen-bond acceptors (Lipinski definition) is 3. The molecule has 0 bridgehead atoms. The molecule has 0 unspecified atom stereocenters. The van der Waals surface area contributed by atoms with Crippen LogP contribution in [0.2, 0.25) is 10.0 Å². The van der Waals surface area contributed by atoms with Crippen molar-refractivity contribution in [1.29, 1.82) is 0 Å². The molecule has 25 heavy (non-hydrogen) atoms. The van der Waals surface area contributed by atoms with Crippen LogP contribution in [0, 0.1) is 13.8 Å². The highest BCUT2D eigenvalue weighted by Crippen LogP contribution is 2.25. The summed E-state index contributed by atoms with van der Waals surface area (Å²) in [7, 11) is 0. The zero-order chi connectivity index (χ0) is 18.0. The number of carbonyl (C=O) groups is 1. The number of aryl methyl sites for hydroxylation is 1. The zero-order valence-corrected chi connectivity index (χ0v) is 15.4. The van der Waals surface area contributed by atoms with Gasteiger partial charge in [0.05, 0.1) is 12.8 Å². The third-order valence-electron chi connectivity index (χ3n) is 3.97. The van der Waals surface area contributed by atoms with Gasteiger partial charge in [-0.2, -0.15) is 0 Å². The van der Waals surface area contributed by atoms with Crippen LogP contribution in [0.4, 0.5) is 0 Å². The van der Waals surface area contributed by atoms with Gasteiger partial charge in [-0.3, -0.25) is 4.79 Å². The van der Waals surface area contributed by atoms with Gasteiger partial charge in [-0.1, -0.05) is 23.2 Å². The molecule has 0 radical (unpaired) electrons. The third kappa shape index (κ3) is 4.09. The maximum Gasteiger partial charge on any atom is 0.202 e. The Morgan fingerprint density at radius 2 is 1.88 bits per heavy atom. The minimum absolute atomic E-state index is 0.0816. The molecule has 3 aromatic rings. The highest BCUT2D eigenvalue weighted by atomic mass is 35.5. The lowest BCUT2D eigenvalue weighted by Crippen LogP contribution is -2.13. The Balaban J connectivity index is 1.74. The minimum Gasteiger partial charge on any atom is -0.485 e. The van der Waals surface area contributed by atoms with Gasteiger partial charge >= 0.3 is 0 Å². The van der Waals surface area contributed by atoms with Gasteiger partial charge in [-0.25, -0.2) is 0 Å². The van der Waals surface area contributed by atoms with E-state index in [1.54, 1.807) is 24.5 Å². The van der Waals surface area contributed by atoms with Gasteiger partial charge in [-0.05, 0) is 50.2 Å². The van der Waals surface area contributed by atoms with E-state index in [2.05, 4.69) is 0 Å². The number of ether oxygens (including phenoxy) is 1. The lowest BCUT2D eigenvalue weighted by atomic mass is 10.1. The van der Waals surface area contributed by atoms with Crippen LogP contribution in [0.3, 0.4) is 0 Å². The Hall–Kier alpha value is -2.17. The Kier molecular flexibility index (Phi) is 5.21. The summed E-state index contributed by atoms with van der Waals surface area (Å²) >= 11 is 11.9. The molecule has 1 aromatic carbocycles. The molecule has 0 saturated heterocycles. The normalized spacial score (nSPS) is 10.9. The molecule has 130 valence electrons. The van der Waals surface area contributed by atoms with Crippen LogP contribution in [0.25, 0.3) is 0 Å². The smallest absolute Gasteiger partial charge is 0.202 e. The number of furan rings is 1. The molecule has 0 spiro atoms. The van der Waals surface area contributed by atoms with Crippen molar-refractivity contribution in [3.8, 4) is 5.75 Å². The Morgan fingerprint density at radius 3 is 2.52 bits per heavy atom. The second-order valence-electron chi connectivity index (χ2n) is 5.77. The molecule has 0 aliphatic rings. The first-order valence-electron chi connectivity index (χ1n) is 7.75. The second kappa shape index (κ2) is 7.38. The fourth-order valence-electron chi connectivity index (χ4n) is 2.72. The van der Waals surface area contributed by atoms with Crippen LogP contribution < -0.4 is 4.74 Å². The maximum absolute atomic E-state index is 12.5. The van der Waals surface area contributed by atoms with Gasteiger partial charge in [0.1, 0.15) is 11.5 Å². The largest absolute Gasteiger partial charge is 0.485 e. The summed E-state index contributed by atoms with van der Waals surface area (Å²) in [6.45, 7) is 4.38. The molecule has 0 atom stereocenters. The molecule has 2 aromatic heterocycles. The highest BCUT2D eigenvalue weighted by molar-refractivity contribution is 6.34. The van der Waals surface area contributed by atoms with E-state index in [0.29, 0.717) is 27.9 Å². The van der Waals surface area contributed by atoms with Crippen molar-refractivity contribution >= 4 is 29.0 Å². The number of hydrogen-bond donors (Lipinski definition) is 0. The van der Waals surface area contributed by atoms with Crippen LogP contribution in [0.1, 0.15) is 27.5 Å². The highest BCUT2D eigenvalue weighted by Gasteiger charge is 2.17. The van der Waals surface area contributed by atoms with Crippen molar-refractivity contribution < 1.29 is 13.9 Å². The van der Waals surface area contributed by atoms with Crippen LogP contribution in [0.5, 0.6) is 5.75 Å². The molecule has 0 fully saturated rings. The first-order chi connectivity index (χ1) is 11.9. The van der Waals surface area contributed by atoms with Gasteiger partial charge in [-0.15, -0.1) is 0 Å². The first-order valence-corrected chi connectivity index (χ1v) is 8.51. The third-order valence-corrected chi connectivity index (χ3v) is 4.41. The molecule has 0 aliphatic heterocycles. The molecule has 0 N–H and O–H groups in total. The average molecular weight is 378 g/mol. The summed E-state index contributed by atoms with van der Waals surface area (Å²) < 4.78 is 13.0. The Bertz CT molecular complexity index is 878. The van der Waals surface area contributed by atoms with Crippen LogP contribution in [-0.4, -0.2) is 17.0 Å². The number of ketones is 1. The van der Waals surface area contributed by atoms with Crippen molar-refractivity contribution in [2.75, 3.05) is 6.61 Å². The van der Waals surface area contributed by atoms with Crippen molar-refractivity contribution in [3.63, 3.8) is 0 Å². The molecular formula is C19H17Cl2NO3. The summed E-state index contributed by atoms with van der Waals surface area (Å²) in [4.78, 5) is 12.5. The molecular weight excluding hydrogens is 361 g/mol. The number of nitrogens with zero attached hydrogens (tertiary/aromatic N) is 1. The lowest BCUT2D eigenvalue weighted by Gasteiger charge is -2.09. The van der Waals surface area contributed by atoms with E-state index < -0.39 is 0 Å². The first kappa shape index (κ1) is 17.6. The molecule has 0 amide bonds. The number of halogens is 2. The van der Waals surface area contributed by atoms with Gasteiger partial charge in [0.15, 0.2) is 6.61 Å². The van der Waals surface area contributed by atoms with Gasteiger partial charge in [0, 0.05) is 27.0 Å². The summed E-state index contributed by atoms with van der Waals surface area (Å²) in [6.07, 6.45) is 1.64. The Morgan fingerprint density at radius 1 is 1.16 bits per heavy atom. The van der Waals surface area contributed by atoms with E-state index in [-0.39, 0.29) is 12.4 Å². The van der Waals surface area contributed by atoms with Gasteiger partial charge < -0.3 is 13.7 Å². The minimum atomic E-state index is -0.102. The number of carbonyl (C=O) groups excluding carboxylic acids is 1. The molecule has 2 heterocycles. The summed E-state index contributed by atoms with van der Waals surface area (Å²) in [5.74, 6) is 1.20. The van der Waals surface area contributed by atoms with E-state index in [0.717, 1.165) is 17.1 Å². The summed E-state index contributed by atoms with van der Waals surface area (Å²) in [6, 6.07) is 10.5. The number of aromatic nitrogens is 1. The fraction of sp³-hybridized carbons (Fsp3) is 0.211. The van der Waals surface area contributed by atoms with Crippen LogP contribution in [-0.2, 0) is 6.54 Å².